The highest BCUT2D eigenvalue weighted by Crippen LogP contribution is 2.43. The molecule has 3 aromatic carbocycles. The van der Waals surface area contributed by atoms with E-state index in [1.54, 1.807) is 0 Å². The van der Waals surface area contributed by atoms with Gasteiger partial charge < -0.3 is 0 Å². The molecule has 0 amide bonds. The lowest BCUT2D eigenvalue weighted by Gasteiger charge is -2.36. The molecule has 0 unspecified atom stereocenters. The third-order valence-electron chi connectivity index (χ3n) is 4.71. The standard InChI is InChI=1S/C23H24/c1-2-3-19-23(20-13-7-4-8-14-20,21-15-9-5-10-16-21)22-17-11-6-12-18-22/h4-18H,2-3,19H2,1H3. The second-order valence-electron chi connectivity index (χ2n) is 6.11. The first-order chi connectivity index (χ1) is 11.4. The highest BCUT2D eigenvalue weighted by atomic mass is 14.4. The number of unbranched alkanes of at least 4 members (excludes halogenated alkanes) is 1. The van der Waals surface area contributed by atoms with Crippen molar-refractivity contribution in [1.29, 1.82) is 0 Å². The van der Waals surface area contributed by atoms with Gasteiger partial charge in [-0.25, -0.2) is 0 Å². The zero-order valence-electron chi connectivity index (χ0n) is 13.8. The lowest BCUT2D eigenvalue weighted by Crippen LogP contribution is -2.29. The molecule has 0 spiro atoms. The smallest absolute Gasteiger partial charge is 0.0451 e. The van der Waals surface area contributed by atoms with Crippen LogP contribution in [0.1, 0.15) is 42.9 Å². The Labute approximate surface area is 139 Å². The van der Waals surface area contributed by atoms with Crippen LogP contribution in [-0.4, -0.2) is 0 Å². The molecule has 3 aromatic rings. The van der Waals surface area contributed by atoms with E-state index in [9.17, 15) is 0 Å². The van der Waals surface area contributed by atoms with Gasteiger partial charge in [-0.05, 0) is 23.1 Å². The fourth-order valence-corrected chi connectivity index (χ4v) is 3.54. The Kier molecular flexibility index (Phi) is 4.92. The Hall–Kier alpha value is -2.34. The summed E-state index contributed by atoms with van der Waals surface area (Å²) in [5, 5.41) is 0. The van der Waals surface area contributed by atoms with E-state index in [0.717, 1.165) is 6.42 Å². The second kappa shape index (κ2) is 7.28. The van der Waals surface area contributed by atoms with Crippen molar-refractivity contribution in [2.75, 3.05) is 0 Å². The van der Waals surface area contributed by atoms with Crippen molar-refractivity contribution in [2.24, 2.45) is 0 Å². The van der Waals surface area contributed by atoms with Crippen LogP contribution in [0.4, 0.5) is 0 Å². The summed E-state index contributed by atoms with van der Waals surface area (Å²) in [5.41, 5.74) is 4.07. The van der Waals surface area contributed by atoms with Gasteiger partial charge in [0.15, 0.2) is 0 Å². The van der Waals surface area contributed by atoms with Crippen LogP contribution in [0.5, 0.6) is 0 Å². The van der Waals surface area contributed by atoms with E-state index >= 15 is 0 Å². The van der Waals surface area contributed by atoms with Crippen molar-refractivity contribution in [1.82, 2.24) is 0 Å². The quantitative estimate of drug-likeness (QED) is 0.475. The summed E-state index contributed by atoms with van der Waals surface area (Å²) in [6, 6.07) is 32.9. The van der Waals surface area contributed by atoms with Gasteiger partial charge in [0, 0.05) is 5.41 Å². The number of rotatable bonds is 6. The van der Waals surface area contributed by atoms with E-state index in [0.29, 0.717) is 0 Å². The number of hydrogen-bond donors (Lipinski definition) is 0. The SMILES string of the molecule is CCCCC(c1ccccc1)(c1ccccc1)c1ccccc1. The van der Waals surface area contributed by atoms with E-state index in [2.05, 4.69) is 97.9 Å². The van der Waals surface area contributed by atoms with Crippen LogP contribution in [0, 0.1) is 0 Å². The molecule has 0 heterocycles. The normalized spacial score (nSPS) is 11.3. The van der Waals surface area contributed by atoms with Gasteiger partial charge in [0.25, 0.3) is 0 Å². The van der Waals surface area contributed by atoms with Gasteiger partial charge in [0.1, 0.15) is 0 Å². The predicted octanol–water partition coefficient (Wildman–Crippen LogP) is 6.21. The van der Waals surface area contributed by atoms with Crippen LogP contribution >= 0.6 is 0 Å². The molecule has 23 heavy (non-hydrogen) atoms. The van der Waals surface area contributed by atoms with E-state index in [1.807, 2.05) is 0 Å². The molecule has 0 nitrogen and oxygen atoms in total. The highest BCUT2D eigenvalue weighted by molar-refractivity contribution is 5.50. The molecular weight excluding hydrogens is 276 g/mol. The van der Waals surface area contributed by atoms with Gasteiger partial charge in [0.2, 0.25) is 0 Å². The number of benzene rings is 3. The monoisotopic (exact) mass is 300 g/mol. The number of hydrogen-bond acceptors (Lipinski definition) is 0. The van der Waals surface area contributed by atoms with Crippen LogP contribution in [0.25, 0.3) is 0 Å². The van der Waals surface area contributed by atoms with Crippen molar-refractivity contribution in [3.05, 3.63) is 108 Å². The average molecular weight is 300 g/mol. The van der Waals surface area contributed by atoms with Crippen molar-refractivity contribution in [3.63, 3.8) is 0 Å². The molecule has 116 valence electrons. The van der Waals surface area contributed by atoms with E-state index in [-0.39, 0.29) is 5.41 Å². The summed E-state index contributed by atoms with van der Waals surface area (Å²) in [4.78, 5) is 0. The minimum Gasteiger partial charge on any atom is -0.0654 e. The zero-order chi connectivity index (χ0) is 16.0. The van der Waals surface area contributed by atoms with E-state index in [4.69, 9.17) is 0 Å². The van der Waals surface area contributed by atoms with Gasteiger partial charge in [-0.15, -0.1) is 0 Å². The molecule has 0 aliphatic rings. The van der Waals surface area contributed by atoms with Crippen LogP contribution in [0.15, 0.2) is 91.0 Å². The Morgan fingerprint density at radius 3 is 1.22 bits per heavy atom. The third kappa shape index (κ3) is 3.07. The maximum absolute atomic E-state index is 2.27. The van der Waals surface area contributed by atoms with Gasteiger partial charge in [0.05, 0.1) is 0 Å². The summed E-state index contributed by atoms with van der Waals surface area (Å²) in [6.45, 7) is 2.27. The third-order valence-corrected chi connectivity index (χ3v) is 4.71. The van der Waals surface area contributed by atoms with Crippen molar-refractivity contribution < 1.29 is 0 Å². The summed E-state index contributed by atoms with van der Waals surface area (Å²) < 4.78 is 0. The molecule has 0 atom stereocenters. The molecule has 0 aromatic heterocycles. The molecule has 3 rings (SSSR count). The second-order valence-corrected chi connectivity index (χ2v) is 6.11. The molecule has 0 radical (unpaired) electrons. The molecule has 0 saturated heterocycles. The molecule has 0 aliphatic heterocycles. The lowest BCUT2D eigenvalue weighted by atomic mass is 9.66. The van der Waals surface area contributed by atoms with Crippen LogP contribution in [-0.2, 0) is 5.41 Å². The molecule has 0 aliphatic carbocycles. The minimum atomic E-state index is -0.0697. The summed E-state index contributed by atoms with van der Waals surface area (Å²) in [6.07, 6.45) is 3.54. The van der Waals surface area contributed by atoms with Crippen molar-refractivity contribution in [3.8, 4) is 0 Å². The molecule has 0 fully saturated rings. The van der Waals surface area contributed by atoms with Crippen LogP contribution in [0.2, 0.25) is 0 Å². The summed E-state index contributed by atoms with van der Waals surface area (Å²) >= 11 is 0. The summed E-state index contributed by atoms with van der Waals surface area (Å²) in [5.74, 6) is 0. The highest BCUT2D eigenvalue weighted by Gasteiger charge is 2.35. The van der Waals surface area contributed by atoms with E-state index in [1.165, 1.54) is 29.5 Å². The first-order valence-electron chi connectivity index (χ1n) is 8.54. The maximum Gasteiger partial charge on any atom is 0.0451 e. The van der Waals surface area contributed by atoms with Crippen molar-refractivity contribution in [2.45, 2.75) is 31.6 Å². The Bertz CT molecular complexity index is 602. The molecule has 0 bridgehead atoms. The van der Waals surface area contributed by atoms with Gasteiger partial charge >= 0.3 is 0 Å². The summed E-state index contributed by atoms with van der Waals surface area (Å²) in [7, 11) is 0. The van der Waals surface area contributed by atoms with Crippen molar-refractivity contribution >= 4 is 0 Å². The maximum atomic E-state index is 2.27. The molecule has 0 heteroatoms. The molecule has 0 N–H and O–H groups in total. The first-order valence-corrected chi connectivity index (χ1v) is 8.54. The largest absolute Gasteiger partial charge is 0.0654 e. The van der Waals surface area contributed by atoms with Gasteiger partial charge in [-0.3, -0.25) is 0 Å². The van der Waals surface area contributed by atoms with Crippen LogP contribution in [0.3, 0.4) is 0 Å². The fourth-order valence-electron chi connectivity index (χ4n) is 3.54. The topological polar surface area (TPSA) is 0 Å². The zero-order valence-corrected chi connectivity index (χ0v) is 13.8. The Morgan fingerprint density at radius 1 is 0.565 bits per heavy atom. The Morgan fingerprint density at radius 2 is 0.913 bits per heavy atom. The Balaban J connectivity index is 2.25. The van der Waals surface area contributed by atoms with Crippen LogP contribution < -0.4 is 0 Å². The predicted molar refractivity (Wildman–Crippen MR) is 98.7 cm³/mol. The average Bonchev–Trinajstić information content (AvgIpc) is 2.65. The van der Waals surface area contributed by atoms with Gasteiger partial charge in [-0.2, -0.15) is 0 Å². The van der Waals surface area contributed by atoms with E-state index < -0.39 is 0 Å². The van der Waals surface area contributed by atoms with Gasteiger partial charge in [-0.1, -0.05) is 111 Å². The molecule has 0 saturated carbocycles. The fraction of sp³-hybridized carbons (Fsp3) is 0.217. The first kappa shape index (κ1) is 15.6. The molecular formula is C23H24. The minimum absolute atomic E-state index is 0.0697. The lowest BCUT2D eigenvalue weighted by molar-refractivity contribution is 0.527.